The van der Waals surface area contributed by atoms with Gasteiger partial charge in [0.05, 0.1) is 17.9 Å². The van der Waals surface area contributed by atoms with E-state index in [-0.39, 0.29) is 12.5 Å². The van der Waals surface area contributed by atoms with Crippen LogP contribution in [0, 0.1) is 13.8 Å². The predicted octanol–water partition coefficient (Wildman–Crippen LogP) is 2.60. The summed E-state index contributed by atoms with van der Waals surface area (Å²) in [5.74, 6) is 0.620. The van der Waals surface area contributed by atoms with E-state index in [4.69, 9.17) is 0 Å². The molecule has 1 saturated carbocycles. The Labute approximate surface area is 173 Å². The Morgan fingerprint density at radius 3 is 2.62 bits per heavy atom. The van der Waals surface area contributed by atoms with Gasteiger partial charge in [-0.2, -0.15) is 5.10 Å². The normalized spacial score (nSPS) is 15.2. The first-order valence-corrected chi connectivity index (χ1v) is 10.4. The van der Waals surface area contributed by atoms with Gasteiger partial charge in [-0.3, -0.25) is 9.79 Å². The summed E-state index contributed by atoms with van der Waals surface area (Å²) in [6.45, 7) is 4.85. The summed E-state index contributed by atoms with van der Waals surface area (Å²) < 4.78 is 1.96. The summed E-state index contributed by atoms with van der Waals surface area (Å²) in [5.41, 5.74) is 4.23. The minimum Gasteiger partial charge on any atom is -0.352 e. The monoisotopic (exact) mass is 396 g/mol. The largest absolute Gasteiger partial charge is 0.352 e. The standard InChI is InChI=1S/C22H32N6O/c1-16-13-17(2)28(27-16)20-12-8-7-9-18(20)14-24-22(23-3)25-15-21(29)26-19-10-5-4-6-11-19/h7-9,12-13,19H,4-6,10-11,14-15H2,1-3H3,(H,26,29)(H2,23,24,25). The third kappa shape index (κ3) is 5.82. The quantitative estimate of drug-likeness (QED) is 0.518. The number of nitrogens with zero attached hydrogens (tertiary/aromatic N) is 3. The Bertz CT molecular complexity index is 851. The third-order valence-corrected chi connectivity index (χ3v) is 5.29. The van der Waals surface area contributed by atoms with Crippen molar-refractivity contribution in [3.05, 3.63) is 47.3 Å². The van der Waals surface area contributed by atoms with Crippen molar-refractivity contribution in [2.24, 2.45) is 4.99 Å². The van der Waals surface area contributed by atoms with E-state index in [1.54, 1.807) is 7.05 Å². The second-order valence-corrected chi connectivity index (χ2v) is 7.65. The summed E-state index contributed by atoms with van der Waals surface area (Å²) in [7, 11) is 1.71. The number of rotatable bonds is 6. The number of guanidine groups is 1. The van der Waals surface area contributed by atoms with Gasteiger partial charge < -0.3 is 16.0 Å². The van der Waals surface area contributed by atoms with E-state index in [0.29, 0.717) is 18.5 Å². The van der Waals surface area contributed by atoms with Crippen molar-refractivity contribution in [1.29, 1.82) is 0 Å². The molecule has 1 amide bonds. The van der Waals surface area contributed by atoms with E-state index in [2.05, 4.69) is 51.2 Å². The van der Waals surface area contributed by atoms with Crippen LogP contribution in [0.1, 0.15) is 49.1 Å². The van der Waals surface area contributed by atoms with Gasteiger partial charge in [-0.25, -0.2) is 4.68 Å². The lowest BCUT2D eigenvalue weighted by molar-refractivity contribution is -0.120. The summed E-state index contributed by atoms with van der Waals surface area (Å²) in [6.07, 6.45) is 5.86. The zero-order valence-corrected chi connectivity index (χ0v) is 17.7. The van der Waals surface area contributed by atoms with E-state index < -0.39 is 0 Å². The number of benzene rings is 1. The van der Waals surface area contributed by atoms with Gasteiger partial charge in [-0.05, 0) is 44.4 Å². The Kier molecular flexibility index (Phi) is 7.27. The zero-order valence-electron chi connectivity index (χ0n) is 17.7. The molecule has 1 aromatic carbocycles. The maximum Gasteiger partial charge on any atom is 0.239 e. The number of hydrogen-bond acceptors (Lipinski definition) is 3. The summed E-state index contributed by atoms with van der Waals surface area (Å²) >= 11 is 0. The molecule has 3 rings (SSSR count). The van der Waals surface area contributed by atoms with E-state index in [9.17, 15) is 4.79 Å². The van der Waals surface area contributed by atoms with Crippen LogP contribution < -0.4 is 16.0 Å². The van der Waals surface area contributed by atoms with Gasteiger partial charge in [0.15, 0.2) is 5.96 Å². The smallest absolute Gasteiger partial charge is 0.239 e. The van der Waals surface area contributed by atoms with Crippen LogP contribution in [0.3, 0.4) is 0 Å². The number of carbonyl (C=O) groups excluding carboxylic acids is 1. The number of aliphatic imine (C=N–C) groups is 1. The van der Waals surface area contributed by atoms with Crippen LogP contribution in [0.4, 0.5) is 0 Å². The van der Waals surface area contributed by atoms with Crippen LogP contribution in [0.5, 0.6) is 0 Å². The van der Waals surface area contributed by atoms with Crippen LogP contribution in [-0.4, -0.2) is 41.3 Å². The van der Waals surface area contributed by atoms with Crippen molar-refractivity contribution < 1.29 is 4.79 Å². The van der Waals surface area contributed by atoms with Gasteiger partial charge in [0.1, 0.15) is 0 Å². The van der Waals surface area contributed by atoms with Gasteiger partial charge in [0.25, 0.3) is 0 Å². The van der Waals surface area contributed by atoms with Crippen molar-refractivity contribution in [3.63, 3.8) is 0 Å². The molecule has 1 aliphatic carbocycles. The lowest BCUT2D eigenvalue weighted by Gasteiger charge is -2.23. The molecule has 7 heteroatoms. The third-order valence-electron chi connectivity index (χ3n) is 5.29. The molecule has 0 saturated heterocycles. The maximum absolute atomic E-state index is 12.2. The lowest BCUT2D eigenvalue weighted by atomic mass is 9.95. The number of amides is 1. The van der Waals surface area contributed by atoms with E-state index in [0.717, 1.165) is 35.5 Å². The molecular formula is C22H32N6O. The summed E-state index contributed by atoms with van der Waals surface area (Å²) in [6, 6.07) is 10.5. The van der Waals surface area contributed by atoms with Crippen LogP contribution in [0.25, 0.3) is 5.69 Å². The van der Waals surface area contributed by atoms with E-state index in [1.807, 2.05) is 23.7 Å². The van der Waals surface area contributed by atoms with E-state index in [1.165, 1.54) is 19.3 Å². The molecule has 1 fully saturated rings. The summed E-state index contributed by atoms with van der Waals surface area (Å²) in [5, 5.41) is 14.1. The fraction of sp³-hybridized carbons (Fsp3) is 0.500. The van der Waals surface area contributed by atoms with Crippen molar-refractivity contribution >= 4 is 11.9 Å². The molecule has 1 aromatic heterocycles. The second kappa shape index (κ2) is 10.1. The van der Waals surface area contributed by atoms with Crippen molar-refractivity contribution in [2.75, 3.05) is 13.6 Å². The van der Waals surface area contributed by atoms with Gasteiger partial charge in [-0.15, -0.1) is 0 Å². The fourth-order valence-electron chi connectivity index (χ4n) is 3.83. The molecule has 29 heavy (non-hydrogen) atoms. The highest BCUT2D eigenvalue weighted by molar-refractivity contribution is 5.86. The first kappa shape index (κ1) is 20.9. The molecule has 0 unspecified atom stereocenters. The molecule has 2 aromatic rings. The number of hydrogen-bond donors (Lipinski definition) is 3. The Balaban J connectivity index is 1.54. The highest BCUT2D eigenvalue weighted by Crippen LogP contribution is 2.18. The number of para-hydroxylation sites is 1. The predicted molar refractivity (Wildman–Crippen MR) is 116 cm³/mol. The molecule has 7 nitrogen and oxygen atoms in total. The maximum atomic E-state index is 12.2. The molecular weight excluding hydrogens is 364 g/mol. The van der Waals surface area contributed by atoms with Crippen molar-refractivity contribution in [2.45, 2.75) is 58.5 Å². The Hall–Kier alpha value is -2.83. The lowest BCUT2D eigenvalue weighted by Crippen LogP contribution is -2.45. The highest BCUT2D eigenvalue weighted by atomic mass is 16.2. The zero-order chi connectivity index (χ0) is 20.6. The van der Waals surface area contributed by atoms with Gasteiger partial charge in [0.2, 0.25) is 5.91 Å². The fourth-order valence-corrected chi connectivity index (χ4v) is 3.83. The van der Waals surface area contributed by atoms with Crippen LogP contribution in [0.15, 0.2) is 35.3 Å². The molecule has 0 spiro atoms. The molecule has 0 aliphatic heterocycles. The number of carbonyl (C=O) groups is 1. The number of aryl methyl sites for hydroxylation is 2. The SMILES string of the molecule is CN=C(NCC(=O)NC1CCCCC1)NCc1ccccc1-n1nc(C)cc1C. The van der Waals surface area contributed by atoms with Crippen LogP contribution in [-0.2, 0) is 11.3 Å². The van der Waals surface area contributed by atoms with Crippen molar-refractivity contribution in [3.8, 4) is 5.69 Å². The molecule has 1 heterocycles. The Morgan fingerprint density at radius 1 is 1.17 bits per heavy atom. The minimum atomic E-state index is 0.0166. The van der Waals surface area contributed by atoms with Crippen LogP contribution in [0.2, 0.25) is 0 Å². The molecule has 0 bridgehead atoms. The molecule has 0 radical (unpaired) electrons. The van der Waals surface area contributed by atoms with Gasteiger partial charge in [0, 0.05) is 25.3 Å². The number of aromatic nitrogens is 2. The molecule has 1 aliphatic rings. The second-order valence-electron chi connectivity index (χ2n) is 7.65. The minimum absolute atomic E-state index is 0.0166. The van der Waals surface area contributed by atoms with E-state index >= 15 is 0 Å². The average molecular weight is 397 g/mol. The van der Waals surface area contributed by atoms with Gasteiger partial charge >= 0.3 is 0 Å². The average Bonchev–Trinajstić information content (AvgIpc) is 3.07. The van der Waals surface area contributed by atoms with Crippen LogP contribution >= 0.6 is 0 Å². The number of nitrogens with one attached hydrogen (secondary N) is 3. The topological polar surface area (TPSA) is 83.3 Å². The summed E-state index contributed by atoms with van der Waals surface area (Å²) in [4.78, 5) is 16.5. The highest BCUT2D eigenvalue weighted by Gasteiger charge is 2.16. The Morgan fingerprint density at radius 2 is 1.93 bits per heavy atom. The molecule has 156 valence electrons. The molecule has 3 N–H and O–H groups in total. The first-order valence-electron chi connectivity index (χ1n) is 10.4. The molecule has 0 atom stereocenters. The van der Waals surface area contributed by atoms with Gasteiger partial charge in [-0.1, -0.05) is 37.5 Å². The van der Waals surface area contributed by atoms with Crippen molar-refractivity contribution in [1.82, 2.24) is 25.7 Å². The first-order chi connectivity index (χ1) is 14.1.